The molecule has 1 aromatic carbocycles. The lowest BCUT2D eigenvalue weighted by molar-refractivity contribution is 0.411. The Labute approximate surface area is 91.6 Å². The molecule has 2 unspecified atom stereocenters. The van der Waals surface area contributed by atoms with Gasteiger partial charge in [-0.3, -0.25) is 0 Å². The lowest BCUT2D eigenvalue weighted by Crippen LogP contribution is -2.24. The first-order valence-electron chi connectivity index (χ1n) is 5.56. The first kappa shape index (κ1) is 10.3. The standard InChI is InChI=1S/C13H19NO/c1-8-5-11(15-4)6-12-10(3)9(2)7-14-13(8)12/h5-6,9-10,14H,7H2,1-4H3. The van der Waals surface area contributed by atoms with E-state index in [2.05, 4.69) is 38.2 Å². The van der Waals surface area contributed by atoms with E-state index in [1.165, 1.54) is 16.8 Å². The first-order chi connectivity index (χ1) is 7.13. The fourth-order valence-electron chi connectivity index (χ4n) is 2.25. The summed E-state index contributed by atoms with van der Waals surface area (Å²) < 4.78 is 5.32. The van der Waals surface area contributed by atoms with Gasteiger partial charge in [0.2, 0.25) is 0 Å². The Morgan fingerprint density at radius 3 is 2.73 bits per heavy atom. The van der Waals surface area contributed by atoms with Gasteiger partial charge in [0.25, 0.3) is 0 Å². The fraction of sp³-hybridized carbons (Fsp3) is 0.538. The predicted octanol–water partition coefficient (Wildman–Crippen LogP) is 3.17. The number of benzene rings is 1. The molecule has 0 saturated carbocycles. The summed E-state index contributed by atoms with van der Waals surface area (Å²) in [5.74, 6) is 2.26. The summed E-state index contributed by atoms with van der Waals surface area (Å²) in [6.07, 6.45) is 0. The average Bonchev–Trinajstić information content (AvgIpc) is 2.23. The molecule has 0 bridgehead atoms. The van der Waals surface area contributed by atoms with Crippen molar-refractivity contribution in [3.63, 3.8) is 0 Å². The third-order valence-electron chi connectivity index (χ3n) is 3.52. The minimum absolute atomic E-state index is 0.607. The number of hydrogen-bond acceptors (Lipinski definition) is 2. The molecule has 0 fully saturated rings. The molecular formula is C13H19NO. The first-order valence-corrected chi connectivity index (χ1v) is 5.56. The Hall–Kier alpha value is -1.18. The SMILES string of the molecule is COc1cc(C)c2c(c1)C(C)C(C)CN2. The van der Waals surface area contributed by atoms with Crippen LogP contribution in [0.25, 0.3) is 0 Å². The number of ether oxygens (including phenoxy) is 1. The molecule has 0 amide bonds. The summed E-state index contributed by atoms with van der Waals surface area (Å²) >= 11 is 0. The Morgan fingerprint density at radius 1 is 1.33 bits per heavy atom. The lowest BCUT2D eigenvalue weighted by Gasteiger charge is -2.31. The Balaban J connectivity index is 2.51. The van der Waals surface area contributed by atoms with E-state index < -0.39 is 0 Å². The van der Waals surface area contributed by atoms with E-state index in [1.807, 2.05) is 0 Å². The van der Waals surface area contributed by atoms with Gasteiger partial charge in [0.05, 0.1) is 7.11 Å². The van der Waals surface area contributed by atoms with Crippen molar-refractivity contribution in [3.05, 3.63) is 23.3 Å². The van der Waals surface area contributed by atoms with E-state index in [9.17, 15) is 0 Å². The van der Waals surface area contributed by atoms with Crippen molar-refractivity contribution in [2.24, 2.45) is 5.92 Å². The quantitative estimate of drug-likeness (QED) is 0.760. The van der Waals surface area contributed by atoms with Crippen molar-refractivity contribution >= 4 is 5.69 Å². The van der Waals surface area contributed by atoms with Crippen LogP contribution in [-0.4, -0.2) is 13.7 Å². The number of methoxy groups -OCH3 is 1. The van der Waals surface area contributed by atoms with Crippen molar-refractivity contribution in [2.75, 3.05) is 19.0 Å². The molecule has 15 heavy (non-hydrogen) atoms. The summed E-state index contributed by atoms with van der Waals surface area (Å²) in [4.78, 5) is 0. The Bertz CT molecular complexity index is 373. The zero-order valence-electron chi connectivity index (χ0n) is 9.92. The number of rotatable bonds is 1. The van der Waals surface area contributed by atoms with Crippen molar-refractivity contribution in [1.29, 1.82) is 0 Å². The van der Waals surface area contributed by atoms with Gasteiger partial charge >= 0.3 is 0 Å². The van der Waals surface area contributed by atoms with Crippen LogP contribution < -0.4 is 10.1 Å². The number of hydrogen-bond donors (Lipinski definition) is 1. The van der Waals surface area contributed by atoms with Crippen LogP contribution >= 0.6 is 0 Å². The van der Waals surface area contributed by atoms with Crippen LogP contribution in [0.3, 0.4) is 0 Å². The van der Waals surface area contributed by atoms with Crippen molar-refractivity contribution in [3.8, 4) is 5.75 Å². The molecule has 82 valence electrons. The molecule has 0 aromatic heterocycles. The van der Waals surface area contributed by atoms with Gasteiger partial charge in [-0.05, 0) is 42.0 Å². The predicted molar refractivity (Wildman–Crippen MR) is 63.8 cm³/mol. The molecule has 2 heteroatoms. The van der Waals surface area contributed by atoms with Crippen LogP contribution in [0.15, 0.2) is 12.1 Å². The highest BCUT2D eigenvalue weighted by Gasteiger charge is 2.24. The lowest BCUT2D eigenvalue weighted by atomic mass is 9.83. The summed E-state index contributed by atoms with van der Waals surface area (Å²) in [6, 6.07) is 4.25. The molecule has 0 aliphatic carbocycles. The van der Waals surface area contributed by atoms with Crippen LogP contribution in [0.5, 0.6) is 5.75 Å². The zero-order chi connectivity index (χ0) is 11.0. The van der Waals surface area contributed by atoms with Gasteiger partial charge in [0.1, 0.15) is 5.75 Å². The number of fused-ring (bicyclic) bond motifs is 1. The van der Waals surface area contributed by atoms with E-state index in [0.29, 0.717) is 11.8 Å². The fourth-order valence-corrected chi connectivity index (χ4v) is 2.25. The molecule has 0 spiro atoms. The second-order valence-electron chi connectivity index (χ2n) is 4.56. The van der Waals surface area contributed by atoms with Gasteiger partial charge in [0, 0.05) is 12.2 Å². The van der Waals surface area contributed by atoms with Gasteiger partial charge in [-0.25, -0.2) is 0 Å². The second-order valence-corrected chi connectivity index (χ2v) is 4.56. The maximum Gasteiger partial charge on any atom is 0.119 e. The molecular weight excluding hydrogens is 186 g/mol. The van der Waals surface area contributed by atoms with E-state index in [4.69, 9.17) is 4.74 Å². The maximum atomic E-state index is 5.32. The third-order valence-corrected chi connectivity index (χ3v) is 3.52. The summed E-state index contributed by atoms with van der Waals surface area (Å²) in [5.41, 5.74) is 3.98. The highest BCUT2D eigenvalue weighted by Crippen LogP contribution is 2.38. The molecule has 2 rings (SSSR count). The van der Waals surface area contributed by atoms with E-state index in [0.717, 1.165) is 12.3 Å². The van der Waals surface area contributed by atoms with Crippen molar-refractivity contribution in [1.82, 2.24) is 0 Å². The van der Waals surface area contributed by atoms with Crippen molar-refractivity contribution in [2.45, 2.75) is 26.7 Å². The van der Waals surface area contributed by atoms with Gasteiger partial charge in [0.15, 0.2) is 0 Å². The van der Waals surface area contributed by atoms with E-state index in [-0.39, 0.29) is 0 Å². The molecule has 0 radical (unpaired) electrons. The highest BCUT2D eigenvalue weighted by atomic mass is 16.5. The Kier molecular flexibility index (Phi) is 2.59. The number of nitrogens with one attached hydrogen (secondary N) is 1. The van der Waals surface area contributed by atoms with E-state index in [1.54, 1.807) is 7.11 Å². The smallest absolute Gasteiger partial charge is 0.119 e. The van der Waals surface area contributed by atoms with Crippen LogP contribution in [0, 0.1) is 12.8 Å². The topological polar surface area (TPSA) is 21.3 Å². The minimum Gasteiger partial charge on any atom is -0.497 e. The molecule has 0 saturated heterocycles. The average molecular weight is 205 g/mol. The zero-order valence-corrected chi connectivity index (χ0v) is 9.92. The van der Waals surface area contributed by atoms with E-state index >= 15 is 0 Å². The number of aryl methyl sites for hydroxylation is 1. The molecule has 2 nitrogen and oxygen atoms in total. The minimum atomic E-state index is 0.607. The largest absolute Gasteiger partial charge is 0.497 e. The van der Waals surface area contributed by atoms with Gasteiger partial charge < -0.3 is 10.1 Å². The third kappa shape index (κ3) is 1.69. The molecule has 1 aliphatic heterocycles. The molecule has 1 N–H and O–H groups in total. The van der Waals surface area contributed by atoms with Crippen LogP contribution in [0.2, 0.25) is 0 Å². The monoisotopic (exact) mass is 205 g/mol. The summed E-state index contributed by atoms with van der Waals surface area (Å²) in [5, 5.41) is 3.51. The van der Waals surface area contributed by atoms with Crippen LogP contribution in [0.4, 0.5) is 5.69 Å². The van der Waals surface area contributed by atoms with Crippen molar-refractivity contribution < 1.29 is 4.74 Å². The normalized spacial score (nSPS) is 24.3. The van der Waals surface area contributed by atoms with Gasteiger partial charge in [-0.2, -0.15) is 0 Å². The second kappa shape index (κ2) is 3.76. The van der Waals surface area contributed by atoms with Crippen LogP contribution in [0.1, 0.15) is 30.9 Å². The van der Waals surface area contributed by atoms with Crippen LogP contribution in [-0.2, 0) is 0 Å². The summed E-state index contributed by atoms with van der Waals surface area (Å²) in [7, 11) is 1.73. The maximum absolute atomic E-state index is 5.32. The Morgan fingerprint density at radius 2 is 2.07 bits per heavy atom. The molecule has 1 aromatic rings. The van der Waals surface area contributed by atoms with Gasteiger partial charge in [-0.15, -0.1) is 0 Å². The van der Waals surface area contributed by atoms with Gasteiger partial charge in [-0.1, -0.05) is 13.8 Å². The summed E-state index contributed by atoms with van der Waals surface area (Å²) in [6.45, 7) is 7.79. The molecule has 1 heterocycles. The molecule has 2 atom stereocenters. The number of anilines is 1. The highest BCUT2D eigenvalue weighted by molar-refractivity contribution is 5.63. The molecule has 1 aliphatic rings.